The first-order valence-electron chi connectivity index (χ1n) is 5.48. The van der Waals surface area contributed by atoms with Gasteiger partial charge in [0.15, 0.2) is 0 Å². The number of thiophene rings is 2. The smallest absolute Gasteiger partial charge is 0.0991 e. The second kappa shape index (κ2) is 6.60. The lowest BCUT2D eigenvalue weighted by atomic mass is 10.2. The fourth-order valence-corrected chi connectivity index (χ4v) is 4.39. The molecule has 1 nitrogen and oxygen atoms in total. The zero-order chi connectivity index (χ0) is 13.1. The van der Waals surface area contributed by atoms with Gasteiger partial charge < -0.3 is 5.32 Å². The van der Waals surface area contributed by atoms with Crippen LogP contribution in [0.15, 0.2) is 18.2 Å². The lowest BCUT2D eigenvalue weighted by molar-refractivity contribution is 0.580. The monoisotopic (exact) mass is 339 g/mol. The molecule has 1 atom stereocenters. The van der Waals surface area contributed by atoms with E-state index in [1.54, 1.807) is 11.3 Å². The lowest BCUT2D eigenvalue weighted by Crippen LogP contribution is -2.20. The molecular formula is C12H12Cl3NS2. The van der Waals surface area contributed by atoms with Crippen molar-refractivity contribution in [1.82, 2.24) is 5.32 Å². The van der Waals surface area contributed by atoms with Gasteiger partial charge in [0.1, 0.15) is 0 Å². The third-order valence-corrected chi connectivity index (χ3v) is 5.41. The van der Waals surface area contributed by atoms with Crippen LogP contribution in [-0.2, 0) is 6.42 Å². The molecule has 0 aliphatic heterocycles. The third-order valence-electron chi connectivity index (χ3n) is 2.60. The number of hydrogen-bond acceptors (Lipinski definition) is 3. The predicted molar refractivity (Wildman–Crippen MR) is 83.8 cm³/mol. The maximum Gasteiger partial charge on any atom is 0.0991 e. The quantitative estimate of drug-likeness (QED) is 0.740. The summed E-state index contributed by atoms with van der Waals surface area (Å²) in [6.45, 7) is 2.98. The fraction of sp³-hybridized carbons (Fsp3) is 0.333. The van der Waals surface area contributed by atoms with Crippen LogP contribution in [0.3, 0.4) is 0 Å². The Balaban J connectivity index is 1.85. The second-order valence-electron chi connectivity index (χ2n) is 3.91. The average Bonchev–Trinajstić information content (AvgIpc) is 2.85. The van der Waals surface area contributed by atoms with Crippen LogP contribution in [0.2, 0.25) is 13.0 Å². The maximum absolute atomic E-state index is 6.12. The van der Waals surface area contributed by atoms with Gasteiger partial charge in [0.2, 0.25) is 0 Å². The van der Waals surface area contributed by atoms with Crippen molar-refractivity contribution in [3.63, 3.8) is 0 Å². The first-order valence-corrected chi connectivity index (χ1v) is 8.25. The maximum atomic E-state index is 6.12. The summed E-state index contributed by atoms with van der Waals surface area (Å²) in [7, 11) is 0. The molecule has 0 saturated carbocycles. The number of hydrogen-bond donors (Lipinski definition) is 1. The van der Waals surface area contributed by atoms with Crippen molar-refractivity contribution >= 4 is 57.5 Å². The Labute approximate surface area is 130 Å². The molecule has 2 heterocycles. The van der Waals surface area contributed by atoms with Crippen LogP contribution in [0, 0.1) is 0 Å². The van der Waals surface area contributed by atoms with Crippen molar-refractivity contribution in [2.75, 3.05) is 6.54 Å². The van der Waals surface area contributed by atoms with Gasteiger partial charge in [-0.2, -0.15) is 0 Å². The highest BCUT2D eigenvalue weighted by atomic mass is 35.5. The van der Waals surface area contributed by atoms with Gasteiger partial charge in [-0.1, -0.05) is 34.8 Å². The topological polar surface area (TPSA) is 12.0 Å². The Bertz CT molecular complexity index is 521. The van der Waals surface area contributed by atoms with E-state index < -0.39 is 0 Å². The van der Waals surface area contributed by atoms with Crippen molar-refractivity contribution in [3.05, 3.63) is 41.6 Å². The normalized spacial score (nSPS) is 12.9. The molecular weight excluding hydrogens is 329 g/mol. The van der Waals surface area contributed by atoms with Crippen molar-refractivity contribution in [1.29, 1.82) is 0 Å². The Morgan fingerprint density at radius 1 is 1.17 bits per heavy atom. The summed E-state index contributed by atoms with van der Waals surface area (Å²) in [6, 6.07) is 6.12. The van der Waals surface area contributed by atoms with Crippen LogP contribution in [0.1, 0.15) is 23.4 Å². The molecule has 1 unspecified atom stereocenters. The Morgan fingerprint density at radius 3 is 2.50 bits per heavy atom. The van der Waals surface area contributed by atoms with Crippen LogP contribution in [0.25, 0.3) is 0 Å². The predicted octanol–water partition coefficient (Wildman–Crippen LogP) is 5.66. The van der Waals surface area contributed by atoms with Crippen LogP contribution < -0.4 is 5.32 Å². The highest BCUT2D eigenvalue weighted by molar-refractivity contribution is 7.20. The van der Waals surface area contributed by atoms with Gasteiger partial charge in [0.25, 0.3) is 0 Å². The van der Waals surface area contributed by atoms with Crippen molar-refractivity contribution in [3.8, 4) is 0 Å². The molecule has 0 aliphatic carbocycles. The van der Waals surface area contributed by atoms with E-state index in [9.17, 15) is 0 Å². The average molecular weight is 341 g/mol. The number of rotatable bonds is 5. The molecule has 0 bridgehead atoms. The first-order chi connectivity index (χ1) is 8.56. The SMILES string of the molecule is CC(NCCc1ccc(Cl)s1)c1cc(Cl)sc1Cl. The van der Waals surface area contributed by atoms with Gasteiger partial charge in [-0.3, -0.25) is 0 Å². The molecule has 18 heavy (non-hydrogen) atoms. The van der Waals surface area contributed by atoms with E-state index in [-0.39, 0.29) is 6.04 Å². The van der Waals surface area contributed by atoms with E-state index in [0.29, 0.717) is 0 Å². The number of nitrogens with one attached hydrogen (secondary N) is 1. The van der Waals surface area contributed by atoms with E-state index in [0.717, 1.165) is 31.5 Å². The zero-order valence-corrected chi connectivity index (χ0v) is 13.6. The molecule has 0 spiro atoms. The fourth-order valence-electron chi connectivity index (χ4n) is 1.66. The molecule has 0 fully saturated rings. The van der Waals surface area contributed by atoms with Crippen molar-refractivity contribution in [2.24, 2.45) is 0 Å². The summed E-state index contributed by atoms with van der Waals surface area (Å²) in [5.41, 5.74) is 1.07. The van der Waals surface area contributed by atoms with Gasteiger partial charge in [0, 0.05) is 17.5 Å². The highest BCUT2D eigenvalue weighted by Crippen LogP contribution is 2.34. The summed E-state index contributed by atoms with van der Waals surface area (Å²) in [4.78, 5) is 1.29. The van der Waals surface area contributed by atoms with Crippen LogP contribution in [0.4, 0.5) is 0 Å². The minimum atomic E-state index is 0.205. The molecule has 0 radical (unpaired) electrons. The minimum Gasteiger partial charge on any atom is -0.310 e. The van der Waals surface area contributed by atoms with Crippen LogP contribution in [0.5, 0.6) is 0 Å². The van der Waals surface area contributed by atoms with Gasteiger partial charge in [0.05, 0.1) is 13.0 Å². The summed E-state index contributed by atoms with van der Waals surface area (Å²) in [6.07, 6.45) is 0.969. The Morgan fingerprint density at radius 2 is 1.94 bits per heavy atom. The first kappa shape index (κ1) is 14.6. The molecule has 2 rings (SSSR count). The zero-order valence-electron chi connectivity index (χ0n) is 9.67. The van der Waals surface area contributed by atoms with Gasteiger partial charge in [-0.05, 0) is 37.1 Å². The summed E-state index contributed by atoms with van der Waals surface area (Å²) < 4.78 is 2.33. The molecule has 98 valence electrons. The van der Waals surface area contributed by atoms with Crippen LogP contribution >= 0.6 is 57.5 Å². The molecule has 0 aliphatic rings. The minimum absolute atomic E-state index is 0.205. The highest BCUT2D eigenvalue weighted by Gasteiger charge is 2.12. The van der Waals surface area contributed by atoms with E-state index in [1.165, 1.54) is 16.2 Å². The van der Waals surface area contributed by atoms with E-state index >= 15 is 0 Å². The summed E-state index contributed by atoms with van der Waals surface area (Å²) in [5, 5.41) is 3.44. The van der Waals surface area contributed by atoms with Crippen molar-refractivity contribution < 1.29 is 0 Å². The molecule has 0 amide bonds. The molecule has 2 aromatic heterocycles. The van der Waals surface area contributed by atoms with Crippen molar-refractivity contribution in [2.45, 2.75) is 19.4 Å². The van der Waals surface area contributed by atoms with Gasteiger partial charge in [-0.15, -0.1) is 22.7 Å². The summed E-state index contributed by atoms with van der Waals surface area (Å²) in [5.74, 6) is 0. The number of halogens is 3. The van der Waals surface area contributed by atoms with E-state index in [2.05, 4.69) is 18.3 Å². The standard InChI is InChI=1S/C12H12Cl3NS2/c1-7(9-6-11(14)18-12(9)15)16-5-4-8-2-3-10(13)17-8/h2-3,6-7,16H,4-5H2,1H3. The second-order valence-corrected chi connectivity index (χ2v) is 8.00. The summed E-state index contributed by atoms with van der Waals surface area (Å²) >= 11 is 21.0. The largest absolute Gasteiger partial charge is 0.310 e. The van der Waals surface area contributed by atoms with Gasteiger partial charge in [-0.25, -0.2) is 0 Å². The Hall–Kier alpha value is 0.230. The third kappa shape index (κ3) is 3.86. The molecule has 1 N–H and O–H groups in total. The molecule has 2 aromatic rings. The molecule has 6 heteroatoms. The van der Waals surface area contributed by atoms with Crippen LogP contribution in [-0.4, -0.2) is 6.54 Å². The van der Waals surface area contributed by atoms with E-state index in [1.807, 2.05) is 12.1 Å². The van der Waals surface area contributed by atoms with Gasteiger partial charge >= 0.3 is 0 Å². The lowest BCUT2D eigenvalue weighted by Gasteiger charge is -2.12. The Kier molecular flexibility index (Phi) is 5.36. The molecule has 0 aromatic carbocycles. The molecule has 0 saturated heterocycles. The van der Waals surface area contributed by atoms with E-state index in [4.69, 9.17) is 34.8 Å².